The minimum absolute atomic E-state index is 0.0682. The second-order valence-corrected chi connectivity index (χ2v) is 6.29. The fourth-order valence-electron chi connectivity index (χ4n) is 2.29. The Bertz CT molecular complexity index is 459. The summed E-state index contributed by atoms with van der Waals surface area (Å²) in [5.74, 6) is 0.448. The van der Waals surface area contributed by atoms with Gasteiger partial charge in [0.2, 0.25) is 5.91 Å². The highest BCUT2D eigenvalue weighted by Crippen LogP contribution is 2.15. The quantitative estimate of drug-likeness (QED) is 0.842. The number of nitrogens with zero attached hydrogens (tertiary/aromatic N) is 1. The van der Waals surface area contributed by atoms with E-state index in [-0.39, 0.29) is 18.6 Å². The van der Waals surface area contributed by atoms with Crippen LogP contribution in [0.15, 0.2) is 17.5 Å². The van der Waals surface area contributed by atoms with Gasteiger partial charge in [-0.1, -0.05) is 6.07 Å². The number of halogens is 1. The molecule has 1 aromatic rings. The fraction of sp³-hybridized carbons (Fsp3) is 0.571. The zero-order valence-corrected chi connectivity index (χ0v) is 13.3. The van der Waals surface area contributed by atoms with Gasteiger partial charge in [-0.3, -0.25) is 4.79 Å². The molecule has 0 aliphatic carbocycles. The molecule has 116 valence electrons. The number of nitrogens with one attached hydrogen (secondary N) is 1. The lowest BCUT2D eigenvalue weighted by molar-refractivity contribution is -0.131. The van der Waals surface area contributed by atoms with Crippen molar-refractivity contribution in [2.45, 2.75) is 25.3 Å². The van der Waals surface area contributed by atoms with Gasteiger partial charge in [0, 0.05) is 24.0 Å². The lowest BCUT2D eigenvalue weighted by atomic mass is 10.0. The Kier molecular flexibility index (Phi) is 6.32. The number of piperidine rings is 1. The van der Waals surface area contributed by atoms with Gasteiger partial charge < -0.3 is 15.0 Å². The second kappa shape index (κ2) is 8.24. The van der Waals surface area contributed by atoms with Gasteiger partial charge in [-0.2, -0.15) is 0 Å². The highest BCUT2D eigenvalue weighted by Gasteiger charge is 2.24. The normalized spacial score (nSPS) is 15.8. The number of alkyl carbamates (subject to hydrolysis) is 1. The SMILES string of the molecule is O=C(NC1CCN(C(=O)Cc2cccs2)CC1)OCCCl. The van der Waals surface area contributed by atoms with Crippen LogP contribution >= 0.6 is 22.9 Å². The number of rotatable bonds is 5. The maximum Gasteiger partial charge on any atom is 0.407 e. The van der Waals surface area contributed by atoms with Gasteiger partial charge in [-0.25, -0.2) is 4.79 Å². The number of carbonyl (C=O) groups excluding carboxylic acids is 2. The molecule has 0 atom stereocenters. The average Bonchev–Trinajstić information content (AvgIpc) is 2.98. The zero-order chi connectivity index (χ0) is 15.1. The molecule has 0 aromatic carbocycles. The number of likely N-dealkylation sites (tertiary alicyclic amines) is 1. The molecule has 2 amide bonds. The van der Waals surface area contributed by atoms with Crippen molar-refractivity contribution in [1.82, 2.24) is 10.2 Å². The van der Waals surface area contributed by atoms with Crippen LogP contribution in [0.5, 0.6) is 0 Å². The fourth-order valence-corrected chi connectivity index (χ4v) is 3.06. The predicted octanol–water partition coefficient (Wildman–Crippen LogP) is 2.25. The Hall–Kier alpha value is -1.27. The number of amides is 2. The summed E-state index contributed by atoms with van der Waals surface area (Å²) < 4.78 is 4.88. The summed E-state index contributed by atoms with van der Waals surface area (Å²) >= 11 is 7.05. The molecule has 0 bridgehead atoms. The van der Waals surface area contributed by atoms with Gasteiger partial charge in [0.25, 0.3) is 0 Å². The Morgan fingerprint density at radius 3 is 2.81 bits per heavy atom. The Balaban J connectivity index is 1.70. The lowest BCUT2D eigenvalue weighted by Gasteiger charge is -2.32. The van der Waals surface area contributed by atoms with Gasteiger partial charge in [-0.05, 0) is 24.3 Å². The number of alkyl halides is 1. The number of thiophene rings is 1. The molecule has 0 radical (unpaired) electrons. The van der Waals surface area contributed by atoms with E-state index in [1.165, 1.54) is 0 Å². The highest BCUT2D eigenvalue weighted by atomic mass is 35.5. The van der Waals surface area contributed by atoms with Crippen molar-refractivity contribution in [3.05, 3.63) is 22.4 Å². The first-order chi connectivity index (χ1) is 10.2. The largest absolute Gasteiger partial charge is 0.448 e. The van der Waals surface area contributed by atoms with Crippen molar-refractivity contribution in [3.63, 3.8) is 0 Å². The third-order valence-corrected chi connectivity index (χ3v) is 4.42. The average molecular weight is 331 g/mol. The van der Waals surface area contributed by atoms with E-state index in [0.29, 0.717) is 25.4 Å². The molecule has 1 aliphatic rings. The smallest absolute Gasteiger partial charge is 0.407 e. The molecule has 5 nitrogen and oxygen atoms in total. The Labute approximate surface area is 133 Å². The molecule has 1 fully saturated rings. The first-order valence-corrected chi connectivity index (χ1v) is 8.40. The first-order valence-electron chi connectivity index (χ1n) is 6.98. The summed E-state index contributed by atoms with van der Waals surface area (Å²) in [5.41, 5.74) is 0. The van der Waals surface area contributed by atoms with Crippen molar-refractivity contribution in [1.29, 1.82) is 0 Å². The second-order valence-electron chi connectivity index (χ2n) is 4.88. The zero-order valence-electron chi connectivity index (χ0n) is 11.7. The molecular weight excluding hydrogens is 312 g/mol. The first kappa shape index (κ1) is 16.1. The maximum atomic E-state index is 12.1. The molecule has 21 heavy (non-hydrogen) atoms. The molecule has 1 N–H and O–H groups in total. The van der Waals surface area contributed by atoms with Crippen LogP contribution < -0.4 is 5.32 Å². The maximum absolute atomic E-state index is 12.1. The number of hydrogen-bond acceptors (Lipinski definition) is 4. The molecule has 0 spiro atoms. The van der Waals surface area contributed by atoms with Gasteiger partial charge in [0.15, 0.2) is 0 Å². The van der Waals surface area contributed by atoms with Gasteiger partial charge in [0.1, 0.15) is 6.61 Å². The molecule has 7 heteroatoms. The van der Waals surface area contributed by atoms with Crippen LogP contribution in [0, 0.1) is 0 Å². The summed E-state index contributed by atoms with van der Waals surface area (Å²) in [7, 11) is 0. The van der Waals surface area contributed by atoms with E-state index in [1.54, 1.807) is 11.3 Å². The summed E-state index contributed by atoms with van der Waals surface area (Å²) in [6.45, 7) is 1.56. The summed E-state index contributed by atoms with van der Waals surface area (Å²) in [6.07, 6.45) is 1.55. The minimum atomic E-state index is -0.431. The van der Waals surface area contributed by atoms with Crippen LogP contribution in [0.3, 0.4) is 0 Å². The minimum Gasteiger partial charge on any atom is -0.448 e. The third kappa shape index (κ3) is 5.21. The summed E-state index contributed by atoms with van der Waals surface area (Å²) in [5, 5.41) is 4.78. The van der Waals surface area contributed by atoms with E-state index in [4.69, 9.17) is 16.3 Å². The van der Waals surface area contributed by atoms with Gasteiger partial charge in [-0.15, -0.1) is 22.9 Å². The van der Waals surface area contributed by atoms with Crippen molar-refractivity contribution in [2.24, 2.45) is 0 Å². The van der Waals surface area contributed by atoms with Gasteiger partial charge in [0.05, 0.1) is 12.3 Å². The van der Waals surface area contributed by atoms with E-state index >= 15 is 0 Å². The van der Waals surface area contributed by atoms with Crippen molar-refractivity contribution < 1.29 is 14.3 Å². The molecule has 1 saturated heterocycles. The van der Waals surface area contributed by atoms with E-state index < -0.39 is 6.09 Å². The summed E-state index contributed by atoms with van der Waals surface area (Å²) in [6, 6.07) is 4.00. The van der Waals surface area contributed by atoms with Crippen LogP contribution in [0.2, 0.25) is 0 Å². The monoisotopic (exact) mass is 330 g/mol. The number of ether oxygens (including phenoxy) is 1. The predicted molar refractivity (Wildman–Crippen MR) is 82.8 cm³/mol. The van der Waals surface area contributed by atoms with Crippen molar-refractivity contribution >= 4 is 34.9 Å². The highest BCUT2D eigenvalue weighted by molar-refractivity contribution is 7.10. The van der Waals surface area contributed by atoms with Crippen molar-refractivity contribution in [3.8, 4) is 0 Å². The summed E-state index contributed by atoms with van der Waals surface area (Å²) in [4.78, 5) is 26.5. The Morgan fingerprint density at radius 2 is 2.19 bits per heavy atom. The van der Waals surface area contributed by atoms with Crippen LogP contribution in [0.25, 0.3) is 0 Å². The van der Waals surface area contributed by atoms with Crippen LogP contribution in [0.1, 0.15) is 17.7 Å². The van der Waals surface area contributed by atoms with E-state index in [0.717, 1.165) is 17.7 Å². The third-order valence-electron chi connectivity index (χ3n) is 3.39. The molecule has 0 saturated carbocycles. The Morgan fingerprint density at radius 1 is 1.43 bits per heavy atom. The molecule has 2 heterocycles. The number of hydrogen-bond donors (Lipinski definition) is 1. The molecule has 0 unspecified atom stereocenters. The molecule has 1 aliphatic heterocycles. The van der Waals surface area contributed by atoms with Crippen LogP contribution in [-0.4, -0.2) is 48.5 Å². The van der Waals surface area contributed by atoms with Crippen LogP contribution in [-0.2, 0) is 16.0 Å². The number of carbonyl (C=O) groups is 2. The molecular formula is C14H19ClN2O3S. The van der Waals surface area contributed by atoms with E-state index in [1.807, 2.05) is 22.4 Å². The standard InChI is InChI=1S/C14H19ClN2O3S/c15-5-8-20-14(19)16-11-3-6-17(7-4-11)13(18)10-12-2-1-9-21-12/h1-2,9,11H,3-8,10H2,(H,16,19). The van der Waals surface area contributed by atoms with E-state index in [2.05, 4.69) is 5.32 Å². The van der Waals surface area contributed by atoms with Crippen LogP contribution in [0.4, 0.5) is 4.79 Å². The van der Waals surface area contributed by atoms with Gasteiger partial charge >= 0.3 is 6.09 Å². The van der Waals surface area contributed by atoms with E-state index in [9.17, 15) is 9.59 Å². The molecule has 2 rings (SSSR count). The topological polar surface area (TPSA) is 58.6 Å². The lowest BCUT2D eigenvalue weighted by Crippen LogP contribution is -2.47. The molecule has 1 aromatic heterocycles. The van der Waals surface area contributed by atoms with Crippen molar-refractivity contribution in [2.75, 3.05) is 25.6 Å².